The Morgan fingerprint density at radius 3 is 3.05 bits per heavy atom. The maximum absolute atomic E-state index is 11.9. The van der Waals surface area contributed by atoms with Crippen LogP contribution in [0.5, 0.6) is 0 Å². The minimum Gasteiger partial charge on any atom is -0.337 e. The molecular weight excluding hydrogens is 262 g/mol. The van der Waals surface area contributed by atoms with Crippen LogP contribution >= 0.6 is 12.2 Å². The average Bonchev–Trinajstić information content (AvgIpc) is 2.76. The van der Waals surface area contributed by atoms with Crippen molar-refractivity contribution in [2.75, 3.05) is 6.54 Å². The third kappa shape index (κ3) is 2.39. The van der Waals surface area contributed by atoms with E-state index in [0.717, 1.165) is 36.5 Å². The van der Waals surface area contributed by atoms with Gasteiger partial charge in [0.2, 0.25) is 0 Å². The van der Waals surface area contributed by atoms with Crippen LogP contribution in [0.2, 0.25) is 0 Å². The number of nitrogens with one attached hydrogen (secondary N) is 2. The van der Waals surface area contributed by atoms with Crippen LogP contribution in [0.15, 0.2) is 17.3 Å². The van der Waals surface area contributed by atoms with Gasteiger partial charge in [0.05, 0.1) is 17.6 Å². The van der Waals surface area contributed by atoms with Gasteiger partial charge in [-0.15, -0.1) is 0 Å². The summed E-state index contributed by atoms with van der Waals surface area (Å²) in [5.74, 6) is 0. The van der Waals surface area contributed by atoms with Crippen LogP contribution in [0, 0.1) is 4.77 Å². The molecule has 1 aliphatic rings. The van der Waals surface area contributed by atoms with E-state index in [-0.39, 0.29) is 5.56 Å². The Hall–Kier alpha value is -1.73. The maximum Gasteiger partial charge on any atom is 0.256 e. The van der Waals surface area contributed by atoms with E-state index in [9.17, 15) is 4.79 Å². The molecule has 19 heavy (non-hydrogen) atoms. The fourth-order valence-corrected chi connectivity index (χ4v) is 2.63. The number of aromatic amines is 2. The van der Waals surface area contributed by atoms with E-state index in [2.05, 4.69) is 19.9 Å². The van der Waals surface area contributed by atoms with Crippen molar-refractivity contribution in [3.05, 3.63) is 44.6 Å². The predicted molar refractivity (Wildman–Crippen MR) is 73.3 cm³/mol. The van der Waals surface area contributed by atoms with Gasteiger partial charge in [-0.1, -0.05) is 0 Å². The van der Waals surface area contributed by atoms with Gasteiger partial charge in [0.15, 0.2) is 4.77 Å². The zero-order valence-electron chi connectivity index (χ0n) is 10.6. The topological polar surface area (TPSA) is 69.7 Å². The number of H-pyrrole nitrogens is 2. The molecule has 3 rings (SSSR count). The fraction of sp³-hybridized carbons (Fsp3) is 0.417. The van der Waals surface area contributed by atoms with Crippen LogP contribution in [0.4, 0.5) is 0 Å². The molecule has 0 amide bonds. The molecule has 1 aliphatic heterocycles. The van der Waals surface area contributed by atoms with E-state index in [0.29, 0.717) is 11.3 Å². The monoisotopic (exact) mass is 277 g/mol. The maximum atomic E-state index is 11.9. The molecule has 0 radical (unpaired) electrons. The molecule has 2 aromatic rings. The van der Waals surface area contributed by atoms with E-state index in [1.54, 1.807) is 6.33 Å². The minimum absolute atomic E-state index is 0.0755. The van der Waals surface area contributed by atoms with Gasteiger partial charge in [-0.25, -0.2) is 4.98 Å². The van der Waals surface area contributed by atoms with Crippen LogP contribution in [-0.2, 0) is 26.6 Å². The van der Waals surface area contributed by atoms with Crippen LogP contribution in [0.25, 0.3) is 0 Å². The van der Waals surface area contributed by atoms with E-state index in [4.69, 9.17) is 12.2 Å². The molecule has 6 nitrogen and oxygen atoms in total. The van der Waals surface area contributed by atoms with Crippen molar-refractivity contribution in [3.8, 4) is 0 Å². The molecule has 0 aliphatic carbocycles. The summed E-state index contributed by atoms with van der Waals surface area (Å²) in [5.41, 5.74) is 2.83. The number of rotatable bonds is 2. The highest BCUT2D eigenvalue weighted by molar-refractivity contribution is 7.71. The molecule has 3 heterocycles. The highest BCUT2D eigenvalue weighted by Gasteiger charge is 2.20. The zero-order valence-corrected chi connectivity index (χ0v) is 11.5. The van der Waals surface area contributed by atoms with Crippen molar-refractivity contribution < 1.29 is 0 Å². The first-order valence-electron chi connectivity index (χ1n) is 6.15. The summed E-state index contributed by atoms with van der Waals surface area (Å²) in [7, 11) is 1.98. The minimum atomic E-state index is -0.0755. The molecule has 7 heteroatoms. The third-order valence-electron chi connectivity index (χ3n) is 3.49. The lowest BCUT2D eigenvalue weighted by Crippen LogP contribution is -2.35. The first kappa shape index (κ1) is 12.3. The van der Waals surface area contributed by atoms with Gasteiger partial charge in [-0.2, -0.15) is 0 Å². The molecule has 0 atom stereocenters. The van der Waals surface area contributed by atoms with Crippen LogP contribution in [-0.4, -0.2) is 31.0 Å². The molecule has 0 bridgehead atoms. The van der Waals surface area contributed by atoms with E-state index in [1.807, 2.05) is 17.8 Å². The summed E-state index contributed by atoms with van der Waals surface area (Å²) in [4.78, 5) is 24.0. The van der Waals surface area contributed by atoms with Crippen molar-refractivity contribution in [1.29, 1.82) is 0 Å². The van der Waals surface area contributed by atoms with E-state index >= 15 is 0 Å². The van der Waals surface area contributed by atoms with Crippen molar-refractivity contribution in [3.63, 3.8) is 0 Å². The number of hydrogen-bond donors (Lipinski definition) is 2. The van der Waals surface area contributed by atoms with Crippen molar-refractivity contribution in [2.45, 2.75) is 19.5 Å². The molecule has 100 valence electrons. The molecule has 0 fully saturated rings. The van der Waals surface area contributed by atoms with Crippen LogP contribution in [0.1, 0.15) is 17.0 Å². The number of aromatic nitrogens is 4. The van der Waals surface area contributed by atoms with Gasteiger partial charge in [-0.3, -0.25) is 14.7 Å². The summed E-state index contributed by atoms with van der Waals surface area (Å²) in [6, 6.07) is 0. The fourth-order valence-electron chi connectivity index (χ4n) is 2.41. The molecule has 0 unspecified atom stereocenters. The first-order valence-corrected chi connectivity index (χ1v) is 6.56. The van der Waals surface area contributed by atoms with Crippen molar-refractivity contribution in [2.24, 2.45) is 7.05 Å². The quantitative estimate of drug-likeness (QED) is 0.794. The number of fused-ring (bicyclic) bond motifs is 1. The lowest BCUT2D eigenvalue weighted by Gasteiger charge is -2.27. The van der Waals surface area contributed by atoms with Gasteiger partial charge >= 0.3 is 0 Å². The van der Waals surface area contributed by atoms with Gasteiger partial charge in [0.25, 0.3) is 5.56 Å². The number of nitrogens with zero attached hydrogens (tertiary/aromatic N) is 3. The summed E-state index contributed by atoms with van der Waals surface area (Å²) >= 11 is 4.99. The standard InChI is InChI=1S/C12H15N5OS/c1-16-7-13-4-8(16)5-17-3-2-10-9(6-17)11(18)15-12(19)14-10/h4,7H,2-3,5-6H2,1H3,(H2,14,15,18,19). The SMILES string of the molecule is Cn1cncc1CN1CCc2[nH]c(=S)[nH]c(=O)c2C1. The van der Waals surface area contributed by atoms with Gasteiger partial charge in [0.1, 0.15) is 0 Å². The van der Waals surface area contributed by atoms with Gasteiger partial charge in [0, 0.05) is 45.0 Å². The Balaban J connectivity index is 1.85. The Morgan fingerprint density at radius 2 is 2.32 bits per heavy atom. The Bertz CT molecular complexity index is 713. The summed E-state index contributed by atoms with van der Waals surface area (Å²) in [6.45, 7) is 2.35. The number of imidazole rings is 1. The van der Waals surface area contributed by atoms with Crippen LogP contribution < -0.4 is 5.56 Å². The lowest BCUT2D eigenvalue weighted by molar-refractivity contribution is 0.236. The lowest BCUT2D eigenvalue weighted by atomic mass is 10.1. The second-order valence-electron chi connectivity index (χ2n) is 4.82. The summed E-state index contributed by atoms with van der Waals surface area (Å²) < 4.78 is 2.40. The highest BCUT2D eigenvalue weighted by Crippen LogP contribution is 2.15. The molecule has 2 N–H and O–H groups in total. The Morgan fingerprint density at radius 1 is 1.47 bits per heavy atom. The predicted octanol–water partition coefficient (Wildman–Crippen LogP) is 0.724. The van der Waals surface area contributed by atoms with E-state index < -0.39 is 0 Å². The number of aryl methyl sites for hydroxylation is 1. The molecule has 0 aromatic carbocycles. The van der Waals surface area contributed by atoms with Crippen LogP contribution in [0.3, 0.4) is 0 Å². The largest absolute Gasteiger partial charge is 0.337 e. The Labute approximate surface area is 115 Å². The molecular formula is C12H15N5OS. The smallest absolute Gasteiger partial charge is 0.256 e. The van der Waals surface area contributed by atoms with E-state index in [1.165, 1.54) is 0 Å². The van der Waals surface area contributed by atoms with Crippen molar-refractivity contribution >= 4 is 12.2 Å². The van der Waals surface area contributed by atoms with Gasteiger partial charge in [-0.05, 0) is 12.2 Å². The third-order valence-corrected chi connectivity index (χ3v) is 3.70. The zero-order chi connectivity index (χ0) is 13.4. The average molecular weight is 277 g/mol. The molecule has 0 saturated carbocycles. The summed E-state index contributed by atoms with van der Waals surface area (Å²) in [6.07, 6.45) is 4.47. The first-order chi connectivity index (χ1) is 9.13. The molecule has 2 aromatic heterocycles. The normalized spacial score (nSPS) is 15.4. The Kier molecular flexibility index (Phi) is 3.08. The number of hydrogen-bond acceptors (Lipinski definition) is 4. The second kappa shape index (κ2) is 4.75. The van der Waals surface area contributed by atoms with Gasteiger partial charge < -0.3 is 9.55 Å². The second-order valence-corrected chi connectivity index (χ2v) is 5.23. The highest BCUT2D eigenvalue weighted by atomic mass is 32.1. The molecule has 0 spiro atoms. The van der Waals surface area contributed by atoms with Crippen molar-refractivity contribution in [1.82, 2.24) is 24.4 Å². The molecule has 0 saturated heterocycles. The summed E-state index contributed by atoms with van der Waals surface area (Å²) in [5, 5.41) is 0.